The molecule has 28 atom stereocenters. The number of hydrogen-bond acceptors (Lipinski definition) is 30. The molecule has 0 aromatic heterocycles. The molecule has 20 N–H and O–H groups in total. The smallest absolute Gasteiger partial charge is 0.364 e. The van der Waals surface area contributed by atoms with Crippen LogP contribution in [0.1, 0.15) is 104 Å². The first-order valence-corrected chi connectivity index (χ1v) is 30.6. The highest BCUT2D eigenvalue weighted by molar-refractivity contribution is 5.76. The maximum absolute atomic E-state index is 13.1. The van der Waals surface area contributed by atoms with E-state index in [2.05, 4.69) is 22.9 Å². The molecule has 0 aliphatic carbocycles. The van der Waals surface area contributed by atoms with Crippen LogP contribution in [0.5, 0.6) is 0 Å². The topological polar surface area (TPSA) is 541 Å². The number of ether oxygens (including phenoxy) is 10. The number of amides is 3. The quantitative estimate of drug-likeness (QED) is 0.0156. The first-order valence-electron chi connectivity index (χ1n) is 30.6. The van der Waals surface area contributed by atoms with Crippen LogP contribution >= 0.6 is 0 Å². The maximum Gasteiger partial charge on any atom is 0.364 e. The number of carbonyl (C=O) groups excluding carboxylic acids is 3. The SMILES string of the molecule is CCCCCCCCCCCCC/C=C/[C@@H](O)[C@H](CO[C@@H]1O[C@H](CO)[C@@H](O[C@@H]2O[C@H](CO)[C@H](O[C@@H]3O[C@H](CO)[C@H](O)[C@H](O[C@@H]4O[C@H](CO)[C@H](O)[C@H](O[C@]5(C(=O)O)C[C@H](O)[C@@H](NC(C)=O)[C@H]([C@H](O)[C@H](O)CO)O5)[C@H]4O)[C@H]3NC(C)=O)[C@H](O)[C@H]2O)[C@H](O)[C@H]1O)NC=O. The summed E-state index contributed by atoms with van der Waals surface area (Å²) in [6, 6.07) is -4.58. The molecule has 34 heteroatoms. The van der Waals surface area contributed by atoms with Gasteiger partial charge < -0.3 is 150 Å². The van der Waals surface area contributed by atoms with Crippen LogP contribution in [-0.4, -0.2) is 322 Å². The van der Waals surface area contributed by atoms with Crippen molar-refractivity contribution < 1.29 is 153 Å². The van der Waals surface area contributed by atoms with Gasteiger partial charge in [-0.3, -0.25) is 14.4 Å². The van der Waals surface area contributed by atoms with Crippen LogP contribution < -0.4 is 16.0 Å². The van der Waals surface area contributed by atoms with Crippen LogP contribution in [0.15, 0.2) is 12.2 Å². The Hall–Kier alpha value is -3.42. The third kappa shape index (κ3) is 20.3. The summed E-state index contributed by atoms with van der Waals surface area (Å²) in [5.74, 6) is -7.01. The summed E-state index contributed by atoms with van der Waals surface area (Å²) in [6.45, 7) is -1.64. The highest BCUT2D eigenvalue weighted by Gasteiger charge is 2.61. The molecule has 0 bridgehead atoms. The van der Waals surface area contributed by atoms with E-state index in [1.54, 1.807) is 6.08 Å². The Balaban J connectivity index is 1.26. The third-order valence-electron chi connectivity index (χ3n) is 16.5. The van der Waals surface area contributed by atoms with Gasteiger partial charge in [0, 0.05) is 20.3 Å². The molecule has 0 radical (unpaired) electrons. The second-order valence-electron chi connectivity index (χ2n) is 23.3. The average Bonchev–Trinajstić information content (AvgIpc) is 0.834. The van der Waals surface area contributed by atoms with Crippen LogP contribution in [0.4, 0.5) is 0 Å². The molecule has 90 heavy (non-hydrogen) atoms. The van der Waals surface area contributed by atoms with Crippen LogP contribution in [-0.2, 0) is 66.5 Å². The first kappa shape index (κ1) is 77.3. The normalized spacial score (nSPS) is 38.9. The Morgan fingerprint density at radius 2 is 1.04 bits per heavy atom. The number of rotatable bonds is 37. The second-order valence-corrected chi connectivity index (χ2v) is 23.3. The molecule has 0 aromatic rings. The van der Waals surface area contributed by atoms with Crippen LogP contribution in [0, 0.1) is 0 Å². The molecule has 5 saturated heterocycles. The zero-order valence-electron chi connectivity index (χ0n) is 50.6. The maximum atomic E-state index is 13.1. The molecule has 5 rings (SSSR count). The van der Waals surface area contributed by atoms with E-state index < -0.39 is 235 Å². The molecule has 5 heterocycles. The molecule has 5 fully saturated rings. The Kier molecular flexibility index (Phi) is 32.3. The van der Waals surface area contributed by atoms with Gasteiger partial charge >= 0.3 is 5.97 Å². The minimum atomic E-state index is -3.21. The number of aliphatic hydroxyl groups excluding tert-OH is 16. The molecular weight excluding hydrogens is 1210 g/mol. The van der Waals surface area contributed by atoms with E-state index >= 15 is 0 Å². The molecular formula is C56H97N3O31. The number of hydrogen-bond donors (Lipinski definition) is 20. The van der Waals surface area contributed by atoms with Crippen molar-refractivity contribution in [1.29, 1.82) is 0 Å². The highest BCUT2D eigenvalue weighted by Crippen LogP contribution is 2.40. The van der Waals surface area contributed by atoms with E-state index in [9.17, 15) is 106 Å². The van der Waals surface area contributed by atoms with E-state index in [4.69, 9.17) is 47.4 Å². The molecule has 0 saturated carbocycles. The van der Waals surface area contributed by atoms with Crippen molar-refractivity contribution in [3.8, 4) is 0 Å². The van der Waals surface area contributed by atoms with Gasteiger partial charge in [-0.2, -0.15) is 0 Å². The Morgan fingerprint density at radius 3 is 1.57 bits per heavy atom. The summed E-state index contributed by atoms with van der Waals surface area (Å²) < 4.78 is 57.9. The van der Waals surface area contributed by atoms with Gasteiger partial charge in [0.25, 0.3) is 5.79 Å². The molecule has 3 amide bonds. The fourth-order valence-corrected chi connectivity index (χ4v) is 11.5. The van der Waals surface area contributed by atoms with Gasteiger partial charge in [-0.25, -0.2) is 4.79 Å². The van der Waals surface area contributed by atoms with Gasteiger partial charge in [0.15, 0.2) is 25.2 Å². The molecule has 5 aliphatic heterocycles. The third-order valence-corrected chi connectivity index (χ3v) is 16.5. The average molecular weight is 1310 g/mol. The summed E-state index contributed by atoms with van der Waals surface area (Å²) >= 11 is 0. The highest BCUT2D eigenvalue weighted by atomic mass is 16.8. The molecule has 0 spiro atoms. The van der Waals surface area contributed by atoms with Crippen molar-refractivity contribution in [2.75, 3.05) is 39.6 Å². The summed E-state index contributed by atoms with van der Waals surface area (Å²) in [5, 5.41) is 193. The van der Waals surface area contributed by atoms with Crippen LogP contribution in [0.3, 0.4) is 0 Å². The van der Waals surface area contributed by atoms with Gasteiger partial charge in [0.05, 0.1) is 63.9 Å². The van der Waals surface area contributed by atoms with Gasteiger partial charge in [0.2, 0.25) is 18.2 Å². The van der Waals surface area contributed by atoms with Crippen LogP contribution in [0.25, 0.3) is 0 Å². The zero-order valence-corrected chi connectivity index (χ0v) is 50.6. The second kappa shape index (κ2) is 37.6. The molecule has 34 nitrogen and oxygen atoms in total. The van der Waals surface area contributed by atoms with Gasteiger partial charge in [-0.15, -0.1) is 0 Å². The lowest BCUT2D eigenvalue weighted by Crippen LogP contribution is -2.71. The fraction of sp³-hybridized carbons (Fsp3) is 0.893. The van der Waals surface area contributed by atoms with Gasteiger partial charge in [-0.05, 0) is 12.8 Å². The number of carboxylic acids is 1. The van der Waals surface area contributed by atoms with Crippen molar-refractivity contribution in [3.05, 3.63) is 12.2 Å². The Morgan fingerprint density at radius 1 is 0.578 bits per heavy atom. The number of carboxylic acid groups (broad SMARTS) is 1. The standard InChI is InChI=1S/C56H97N3O31/c1-4-5-6-7-8-9-10-11-12-13-14-15-16-17-29(68)28(57-25-65)24-81-52-43(76)41(74)47(34(22-63)84-52)87-53-44(77)42(75)46(35(23-64)85-53)86-51-37(59-27(3)67)48(39(72)32(20-61)82-51)88-54-45(78)50(40(73)33(21-62)83-54)90-56(55(79)80)18-30(69)36(58-26(2)66)49(89-56)38(71)31(70)19-60/h16-17,25,28-54,60-64,68-78H,4-15,18-24H2,1-3H3,(H,57,65)(H,58,66)(H,59,67)(H,79,80)/b17-16+/t28-,29+,30-,31+,32+,33+,34+,35+,36+,37+,38+,39-,40-,41+,42+,43+,44+,45+,46-,47+,48+,49+,50-,51-,52+,53-,54-,56-/m0/s1. The van der Waals surface area contributed by atoms with E-state index in [1.807, 2.05) is 0 Å². The van der Waals surface area contributed by atoms with Crippen molar-refractivity contribution in [1.82, 2.24) is 16.0 Å². The minimum Gasteiger partial charge on any atom is -0.477 e. The fourth-order valence-electron chi connectivity index (χ4n) is 11.5. The number of carbonyl (C=O) groups is 4. The number of unbranched alkanes of at least 4 members (excludes halogenated alkanes) is 11. The summed E-state index contributed by atoms with van der Waals surface area (Å²) in [6.07, 6.45) is -31.8. The number of nitrogens with one attached hydrogen (secondary N) is 3. The van der Waals surface area contributed by atoms with Gasteiger partial charge in [-0.1, -0.05) is 83.3 Å². The van der Waals surface area contributed by atoms with Crippen molar-refractivity contribution in [2.45, 2.75) is 275 Å². The minimum absolute atomic E-state index is 0.333. The zero-order chi connectivity index (χ0) is 66.6. The predicted molar refractivity (Wildman–Crippen MR) is 300 cm³/mol. The first-order chi connectivity index (χ1) is 42.9. The predicted octanol–water partition coefficient (Wildman–Crippen LogP) is -7.67. The monoisotopic (exact) mass is 1310 g/mol. The Bertz CT molecular complexity index is 2160. The van der Waals surface area contributed by atoms with E-state index in [0.29, 0.717) is 12.8 Å². The summed E-state index contributed by atoms with van der Waals surface area (Å²) in [7, 11) is 0. The molecule has 5 aliphatic rings. The molecule has 0 unspecified atom stereocenters. The van der Waals surface area contributed by atoms with E-state index in [-0.39, 0.29) is 0 Å². The van der Waals surface area contributed by atoms with E-state index in [0.717, 1.165) is 39.5 Å². The summed E-state index contributed by atoms with van der Waals surface area (Å²) in [5.41, 5.74) is 0. The number of allylic oxidation sites excluding steroid dienone is 1. The van der Waals surface area contributed by atoms with Crippen molar-refractivity contribution >= 4 is 24.2 Å². The van der Waals surface area contributed by atoms with E-state index in [1.165, 1.54) is 51.0 Å². The lowest BCUT2D eigenvalue weighted by molar-refractivity contribution is -0.389. The van der Waals surface area contributed by atoms with Crippen molar-refractivity contribution in [2.24, 2.45) is 0 Å². The van der Waals surface area contributed by atoms with Crippen LogP contribution in [0.2, 0.25) is 0 Å². The lowest BCUT2D eigenvalue weighted by Gasteiger charge is -2.51. The lowest BCUT2D eigenvalue weighted by atomic mass is 9.88. The number of aliphatic hydroxyl groups is 16. The summed E-state index contributed by atoms with van der Waals surface area (Å²) in [4.78, 5) is 49.6. The van der Waals surface area contributed by atoms with Crippen molar-refractivity contribution in [3.63, 3.8) is 0 Å². The number of aliphatic carboxylic acids is 1. The Labute approximate surface area is 519 Å². The molecule has 0 aromatic carbocycles. The van der Waals surface area contributed by atoms with Gasteiger partial charge in [0.1, 0.15) is 116 Å². The largest absolute Gasteiger partial charge is 0.477 e. The molecule has 522 valence electrons.